The molecule has 3 nitrogen and oxygen atoms in total. The summed E-state index contributed by atoms with van der Waals surface area (Å²) < 4.78 is 6.02. The fourth-order valence-corrected chi connectivity index (χ4v) is 4.31. The maximum absolute atomic E-state index is 12.6. The monoisotopic (exact) mass is 343 g/mol. The molecule has 0 radical (unpaired) electrons. The van der Waals surface area contributed by atoms with Gasteiger partial charge in [-0.25, -0.2) is 4.79 Å². The second-order valence-corrected chi connectivity index (χ2v) is 7.76. The van der Waals surface area contributed by atoms with Gasteiger partial charge in [0.1, 0.15) is 6.10 Å². The van der Waals surface area contributed by atoms with E-state index in [-0.39, 0.29) is 29.1 Å². The van der Waals surface area contributed by atoms with Gasteiger partial charge in [0.05, 0.1) is 5.56 Å². The highest BCUT2D eigenvalue weighted by molar-refractivity contribution is 5.89. The second kappa shape index (κ2) is 7.74. The van der Waals surface area contributed by atoms with E-state index in [0.29, 0.717) is 5.56 Å². The van der Waals surface area contributed by atoms with Crippen LogP contribution in [0.5, 0.6) is 0 Å². The van der Waals surface area contributed by atoms with Gasteiger partial charge < -0.3 is 4.74 Å². The first-order chi connectivity index (χ1) is 11.8. The molecule has 25 heavy (non-hydrogen) atoms. The average Bonchev–Trinajstić information content (AvgIpc) is 2.64. The lowest BCUT2D eigenvalue weighted by Gasteiger charge is -2.60. The van der Waals surface area contributed by atoms with Crippen LogP contribution >= 0.6 is 0 Å². The van der Waals surface area contributed by atoms with Crippen molar-refractivity contribution in [1.29, 1.82) is 0 Å². The van der Waals surface area contributed by atoms with Crippen LogP contribution in [0, 0.1) is 5.92 Å². The molecule has 1 aliphatic heterocycles. The second-order valence-electron chi connectivity index (χ2n) is 7.76. The summed E-state index contributed by atoms with van der Waals surface area (Å²) in [6, 6.07) is 9.29. The molecule has 0 saturated carbocycles. The van der Waals surface area contributed by atoms with Gasteiger partial charge in [0.15, 0.2) is 0 Å². The minimum absolute atomic E-state index is 0.00685. The van der Waals surface area contributed by atoms with Crippen LogP contribution < -0.4 is 0 Å². The molecule has 1 aromatic rings. The van der Waals surface area contributed by atoms with E-state index < -0.39 is 0 Å². The Bertz CT molecular complexity index is 599. The third kappa shape index (κ3) is 3.67. The summed E-state index contributed by atoms with van der Waals surface area (Å²) in [4.78, 5) is 15.2. The van der Waals surface area contributed by atoms with Crippen molar-refractivity contribution in [2.45, 2.75) is 71.1 Å². The van der Waals surface area contributed by atoms with Crippen molar-refractivity contribution in [3.63, 3.8) is 0 Å². The Kier molecular flexibility index (Phi) is 6.10. The first kappa shape index (κ1) is 19.7. The van der Waals surface area contributed by atoms with Gasteiger partial charge in [-0.2, -0.15) is 0 Å². The molecule has 1 heterocycles. The Balaban J connectivity index is 2.31. The lowest BCUT2D eigenvalue weighted by atomic mass is 9.68. The van der Waals surface area contributed by atoms with Crippen LogP contribution in [0.3, 0.4) is 0 Å². The van der Waals surface area contributed by atoms with Gasteiger partial charge in [-0.1, -0.05) is 45.0 Å². The smallest absolute Gasteiger partial charge is 0.338 e. The number of hydrogen-bond donors (Lipinski definition) is 0. The maximum atomic E-state index is 12.6. The number of esters is 1. The number of likely N-dealkylation sites (tertiary alicyclic amines) is 1. The zero-order valence-corrected chi connectivity index (χ0v) is 16.4. The maximum Gasteiger partial charge on any atom is 0.338 e. The van der Waals surface area contributed by atoms with Crippen LogP contribution in [0.2, 0.25) is 0 Å². The summed E-state index contributed by atoms with van der Waals surface area (Å²) in [7, 11) is 0. The van der Waals surface area contributed by atoms with E-state index in [1.165, 1.54) is 0 Å². The quantitative estimate of drug-likeness (QED) is 0.533. The number of carbonyl (C=O) groups excluding carboxylic acids is 1. The zero-order valence-electron chi connectivity index (χ0n) is 16.4. The predicted octanol–water partition coefficient (Wildman–Crippen LogP) is 5.08. The van der Waals surface area contributed by atoms with E-state index in [2.05, 4.69) is 46.1 Å². The molecule has 3 heteroatoms. The number of nitrogens with zero attached hydrogens (tertiary/aromatic N) is 1. The Morgan fingerprint density at radius 1 is 1.28 bits per heavy atom. The van der Waals surface area contributed by atoms with E-state index in [1.54, 1.807) is 0 Å². The molecule has 4 atom stereocenters. The number of hydrogen-bond acceptors (Lipinski definition) is 3. The van der Waals surface area contributed by atoms with Gasteiger partial charge in [-0.15, -0.1) is 6.58 Å². The van der Waals surface area contributed by atoms with Crippen molar-refractivity contribution in [3.05, 3.63) is 48.6 Å². The van der Waals surface area contributed by atoms with Crippen molar-refractivity contribution in [3.8, 4) is 0 Å². The molecule has 0 bridgehead atoms. The number of ether oxygens (including phenoxy) is 1. The largest absolute Gasteiger partial charge is 0.458 e. The Morgan fingerprint density at radius 2 is 1.92 bits per heavy atom. The molecular formula is C22H33NO2. The van der Waals surface area contributed by atoms with E-state index in [1.807, 2.05) is 36.4 Å². The van der Waals surface area contributed by atoms with Gasteiger partial charge in [-0.05, 0) is 38.8 Å². The van der Waals surface area contributed by atoms with E-state index >= 15 is 0 Å². The summed E-state index contributed by atoms with van der Waals surface area (Å²) in [6.45, 7) is 16.1. The van der Waals surface area contributed by atoms with E-state index in [9.17, 15) is 4.79 Å². The molecule has 1 saturated heterocycles. The molecule has 0 amide bonds. The fraction of sp³-hybridized carbons (Fsp3) is 0.591. The summed E-state index contributed by atoms with van der Waals surface area (Å²) in [6.07, 6.45) is 4.79. The lowest BCUT2D eigenvalue weighted by molar-refractivity contribution is -0.134. The first-order valence-corrected chi connectivity index (χ1v) is 9.47. The lowest BCUT2D eigenvalue weighted by Crippen LogP contribution is -2.68. The minimum atomic E-state index is -0.216. The van der Waals surface area contributed by atoms with Crippen molar-refractivity contribution < 1.29 is 9.53 Å². The van der Waals surface area contributed by atoms with Crippen LogP contribution in [-0.2, 0) is 4.74 Å². The molecule has 0 aromatic heterocycles. The normalized spacial score (nSPS) is 33.0. The Labute approximate surface area is 153 Å². The van der Waals surface area contributed by atoms with Crippen molar-refractivity contribution >= 4 is 5.97 Å². The van der Waals surface area contributed by atoms with Gasteiger partial charge in [0.2, 0.25) is 0 Å². The highest BCUT2D eigenvalue weighted by atomic mass is 16.5. The summed E-state index contributed by atoms with van der Waals surface area (Å²) in [5.41, 5.74) is 0.589. The molecule has 4 unspecified atom stereocenters. The molecule has 0 aliphatic carbocycles. The molecule has 138 valence electrons. The molecule has 2 rings (SSSR count). The van der Waals surface area contributed by atoms with E-state index in [0.717, 1.165) is 25.8 Å². The Hall–Kier alpha value is -1.61. The highest BCUT2D eigenvalue weighted by Gasteiger charge is 2.53. The predicted molar refractivity (Wildman–Crippen MR) is 104 cm³/mol. The van der Waals surface area contributed by atoms with Crippen LogP contribution in [0.25, 0.3) is 0 Å². The van der Waals surface area contributed by atoms with Crippen LogP contribution in [-0.4, -0.2) is 34.6 Å². The molecule has 1 aromatic carbocycles. The standard InChI is InChI=1S/C22H33NO2/c1-7-15-23-21(5,8-2)16-19(17(4)22(23,6)9-3)25-20(24)18-13-11-10-12-14-18/h7,10-14,17,19H,1,8-9,15-16H2,2-6H3. The highest BCUT2D eigenvalue weighted by Crippen LogP contribution is 2.46. The van der Waals surface area contributed by atoms with Crippen molar-refractivity contribution in [2.75, 3.05) is 6.54 Å². The molecule has 1 fully saturated rings. The van der Waals surface area contributed by atoms with Crippen molar-refractivity contribution in [2.24, 2.45) is 5.92 Å². The van der Waals surface area contributed by atoms with Crippen LogP contribution in [0.15, 0.2) is 43.0 Å². The van der Waals surface area contributed by atoms with Gasteiger partial charge in [-0.3, -0.25) is 4.90 Å². The number of carbonyl (C=O) groups is 1. The van der Waals surface area contributed by atoms with Crippen LogP contribution in [0.4, 0.5) is 0 Å². The zero-order chi connectivity index (χ0) is 18.7. The van der Waals surface area contributed by atoms with Gasteiger partial charge >= 0.3 is 5.97 Å². The fourth-order valence-electron chi connectivity index (χ4n) is 4.31. The van der Waals surface area contributed by atoms with Crippen molar-refractivity contribution in [1.82, 2.24) is 4.90 Å². The van der Waals surface area contributed by atoms with Gasteiger partial charge in [0, 0.05) is 30.0 Å². The summed E-state index contributed by atoms with van der Waals surface area (Å²) in [5, 5.41) is 0. The number of rotatable bonds is 6. The summed E-state index contributed by atoms with van der Waals surface area (Å²) in [5.74, 6) is 0.0382. The Morgan fingerprint density at radius 3 is 2.44 bits per heavy atom. The van der Waals surface area contributed by atoms with Gasteiger partial charge in [0.25, 0.3) is 0 Å². The van der Waals surface area contributed by atoms with Crippen LogP contribution in [0.1, 0.15) is 64.2 Å². The molecule has 1 aliphatic rings. The molecular weight excluding hydrogens is 310 g/mol. The minimum Gasteiger partial charge on any atom is -0.458 e. The third-order valence-electron chi connectivity index (χ3n) is 6.50. The number of benzene rings is 1. The SMILES string of the molecule is C=CCN1C(C)(CC)CC(OC(=O)c2ccccc2)C(C)C1(C)CC. The average molecular weight is 344 g/mol. The van der Waals surface area contributed by atoms with E-state index in [4.69, 9.17) is 4.74 Å². The molecule has 0 spiro atoms. The molecule has 0 N–H and O–H groups in total. The third-order valence-corrected chi connectivity index (χ3v) is 6.50. The number of piperidine rings is 1. The first-order valence-electron chi connectivity index (χ1n) is 9.47. The topological polar surface area (TPSA) is 29.5 Å². The summed E-state index contributed by atoms with van der Waals surface area (Å²) >= 11 is 0.